The number of carbonyl (C=O) groups is 1. The molecule has 4 aromatic rings. The van der Waals surface area contributed by atoms with E-state index in [9.17, 15) is 4.79 Å². The van der Waals surface area contributed by atoms with Crippen molar-refractivity contribution >= 4 is 11.7 Å². The Balaban J connectivity index is 1.46. The molecule has 0 fully saturated rings. The van der Waals surface area contributed by atoms with Crippen molar-refractivity contribution in [3.05, 3.63) is 119 Å². The molecule has 3 aromatic carbocycles. The number of nitrogens with one attached hydrogen (secondary N) is 1. The molecule has 1 aromatic heterocycles. The van der Waals surface area contributed by atoms with Crippen LogP contribution in [-0.2, 0) is 19.4 Å². The van der Waals surface area contributed by atoms with E-state index in [0.29, 0.717) is 6.54 Å². The van der Waals surface area contributed by atoms with Gasteiger partial charge >= 0.3 is 6.03 Å². The first-order valence-corrected chi connectivity index (χ1v) is 12.2. The van der Waals surface area contributed by atoms with Gasteiger partial charge in [0.1, 0.15) is 0 Å². The van der Waals surface area contributed by atoms with Gasteiger partial charge in [0.15, 0.2) is 0 Å². The van der Waals surface area contributed by atoms with Gasteiger partial charge in [-0.25, -0.2) is 4.79 Å². The lowest BCUT2D eigenvalue weighted by molar-refractivity contribution is 0.194. The van der Waals surface area contributed by atoms with Crippen molar-refractivity contribution in [2.75, 3.05) is 5.32 Å². The smallest absolute Gasteiger partial charge is 0.318 e. The molecular weight excluding hydrogens is 418 g/mol. The highest BCUT2D eigenvalue weighted by Crippen LogP contribution is 2.37. The van der Waals surface area contributed by atoms with E-state index in [1.807, 2.05) is 4.90 Å². The Hall–Kier alpha value is -3.79. The summed E-state index contributed by atoms with van der Waals surface area (Å²) in [7, 11) is 0. The van der Waals surface area contributed by atoms with E-state index in [1.54, 1.807) is 0 Å². The zero-order valence-corrected chi connectivity index (χ0v) is 19.5. The van der Waals surface area contributed by atoms with Crippen molar-refractivity contribution in [3.63, 3.8) is 0 Å². The van der Waals surface area contributed by atoms with Gasteiger partial charge in [-0.2, -0.15) is 0 Å². The first kappa shape index (κ1) is 20.8. The number of hydrogen-bond acceptors (Lipinski definition) is 1. The summed E-state index contributed by atoms with van der Waals surface area (Å²) in [5.74, 6) is 0. The van der Waals surface area contributed by atoms with Crippen LogP contribution in [-0.4, -0.2) is 15.5 Å². The number of aryl methyl sites for hydroxylation is 2. The quantitative estimate of drug-likeness (QED) is 0.360. The Morgan fingerprint density at radius 3 is 2.62 bits per heavy atom. The molecule has 2 heterocycles. The van der Waals surface area contributed by atoms with Crippen LogP contribution in [0.2, 0.25) is 0 Å². The predicted molar refractivity (Wildman–Crippen MR) is 136 cm³/mol. The zero-order chi connectivity index (χ0) is 23.1. The molecule has 0 saturated carbocycles. The molecule has 4 nitrogen and oxygen atoms in total. The Labute approximate surface area is 200 Å². The van der Waals surface area contributed by atoms with Crippen molar-refractivity contribution in [2.24, 2.45) is 0 Å². The molecule has 1 N–H and O–H groups in total. The van der Waals surface area contributed by atoms with Gasteiger partial charge in [0.25, 0.3) is 0 Å². The first-order chi connectivity index (χ1) is 16.7. The number of amides is 2. The van der Waals surface area contributed by atoms with Crippen LogP contribution in [0, 0.1) is 6.92 Å². The van der Waals surface area contributed by atoms with Gasteiger partial charge < -0.3 is 14.8 Å². The van der Waals surface area contributed by atoms with Gasteiger partial charge in [0, 0.05) is 17.6 Å². The SMILES string of the molecule is Cc1cccc(C2c3cccn3-c3ccccc3CN2C(=O)Nc2cccc3c2CCCC3)c1. The highest BCUT2D eigenvalue weighted by molar-refractivity contribution is 5.91. The molecule has 1 aliphatic heterocycles. The molecule has 1 aliphatic carbocycles. The maximum atomic E-state index is 14.0. The average Bonchev–Trinajstić information content (AvgIpc) is 3.28. The van der Waals surface area contributed by atoms with Crippen molar-refractivity contribution < 1.29 is 4.79 Å². The minimum absolute atomic E-state index is 0.0602. The number of fused-ring (bicyclic) bond motifs is 4. The fraction of sp³-hybridized carbons (Fsp3) is 0.233. The van der Waals surface area contributed by atoms with E-state index < -0.39 is 0 Å². The van der Waals surface area contributed by atoms with Crippen LogP contribution in [0.25, 0.3) is 5.69 Å². The van der Waals surface area contributed by atoms with Crippen LogP contribution < -0.4 is 5.32 Å². The molecule has 1 atom stereocenters. The normalized spacial score (nSPS) is 16.7. The second-order valence-corrected chi connectivity index (χ2v) is 9.46. The van der Waals surface area contributed by atoms with E-state index in [1.165, 1.54) is 29.5 Å². The Bertz CT molecular complexity index is 1370. The number of urea groups is 1. The van der Waals surface area contributed by atoms with Gasteiger partial charge in [-0.15, -0.1) is 0 Å². The first-order valence-electron chi connectivity index (χ1n) is 12.2. The summed E-state index contributed by atoms with van der Waals surface area (Å²) in [6.45, 7) is 2.64. The Morgan fingerprint density at radius 2 is 1.71 bits per heavy atom. The number of para-hydroxylation sites is 1. The van der Waals surface area contributed by atoms with Crippen LogP contribution in [0.4, 0.5) is 10.5 Å². The van der Waals surface area contributed by atoms with Crippen molar-refractivity contribution in [2.45, 2.75) is 45.2 Å². The molecule has 2 aliphatic rings. The number of benzene rings is 3. The molecule has 6 rings (SSSR count). The zero-order valence-electron chi connectivity index (χ0n) is 19.5. The summed E-state index contributed by atoms with van der Waals surface area (Å²) in [6.07, 6.45) is 6.62. The second kappa shape index (κ2) is 8.53. The highest BCUT2D eigenvalue weighted by Gasteiger charge is 2.33. The molecule has 0 saturated heterocycles. The number of rotatable bonds is 2. The summed E-state index contributed by atoms with van der Waals surface area (Å²) < 4.78 is 2.24. The summed E-state index contributed by atoms with van der Waals surface area (Å²) in [5.41, 5.74) is 9.31. The van der Waals surface area contributed by atoms with Gasteiger partial charge in [-0.05, 0) is 79.1 Å². The van der Waals surface area contributed by atoms with Crippen LogP contribution >= 0.6 is 0 Å². The van der Waals surface area contributed by atoms with Crippen molar-refractivity contribution in [3.8, 4) is 5.69 Å². The number of nitrogens with zero attached hydrogens (tertiary/aromatic N) is 2. The monoisotopic (exact) mass is 447 g/mol. The maximum Gasteiger partial charge on any atom is 0.322 e. The minimum Gasteiger partial charge on any atom is -0.318 e. The number of hydrogen-bond donors (Lipinski definition) is 1. The Morgan fingerprint density at radius 1 is 0.882 bits per heavy atom. The van der Waals surface area contributed by atoms with E-state index in [2.05, 4.69) is 102 Å². The number of anilines is 1. The van der Waals surface area contributed by atoms with Gasteiger partial charge in [0.05, 0.1) is 18.3 Å². The average molecular weight is 448 g/mol. The molecule has 34 heavy (non-hydrogen) atoms. The fourth-order valence-corrected chi connectivity index (χ4v) is 5.62. The minimum atomic E-state index is -0.193. The summed E-state index contributed by atoms with van der Waals surface area (Å²) >= 11 is 0. The number of carbonyl (C=O) groups excluding carboxylic acids is 1. The van der Waals surface area contributed by atoms with Crippen LogP contribution in [0.1, 0.15) is 52.4 Å². The van der Waals surface area contributed by atoms with Gasteiger partial charge in [-0.3, -0.25) is 0 Å². The Kier molecular flexibility index (Phi) is 5.21. The predicted octanol–water partition coefficient (Wildman–Crippen LogP) is 6.80. The maximum absolute atomic E-state index is 14.0. The van der Waals surface area contributed by atoms with Crippen LogP contribution in [0.15, 0.2) is 85.1 Å². The molecular formula is C30H29N3O. The molecule has 0 spiro atoms. The molecule has 4 heteroatoms. The van der Waals surface area contributed by atoms with E-state index in [-0.39, 0.29) is 12.1 Å². The number of aromatic nitrogens is 1. The van der Waals surface area contributed by atoms with E-state index >= 15 is 0 Å². The third-order valence-corrected chi connectivity index (χ3v) is 7.22. The lowest BCUT2D eigenvalue weighted by atomic mass is 9.90. The van der Waals surface area contributed by atoms with E-state index in [4.69, 9.17) is 0 Å². The van der Waals surface area contributed by atoms with Crippen molar-refractivity contribution in [1.82, 2.24) is 9.47 Å². The van der Waals surface area contributed by atoms with Gasteiger partial charge in [0.2, 0.25) is 0 Å². The summed E-state index contributed by atoms with van der Waals surface area (Å²) in [4.78, 5) is 16.0. The lowest BCUT2D eigenvalue weighted by Gasteiger charge is -2.32. The molecule has 2 amide bonds. The second-order valence-electron chi connectivity index (χ2n) is 9.46. The molecule has 0 bridgehead atoms. The van der Waals surface area contributed by atoms with Crippen LogP contribution in [0.3, 0.4) is 0 Å². The van der Waals surface area contributed by atoms with E-state index in [0.717, 1.165) is 41.0 Å². The van der Waals surface area contributed by atoms with Gasteiger partial charge in [-0.1, -0.05) is 60.2 Å². The molecule has 0 radical (unpaired) electrons. The lowest BCUT2D eigenvalue weighted by Crippen LogP contribution is -2.38. The van der Waals surface area contributed by atoms with Crippen LogP contribution in [0.5, 0.6) is 0 Å². The van der Waals surface area contributed by atoms with Crippen molar-refractivity contribution in [1.29, 1.82) is 0 Å². The third kappa shape index (κ3) is 3.60. The molecule has 1 unspecified atom stereocenters. The highest BCUT2D eigenvalue weighted by atomic mass is 16.2. The molecule has 170 valence electrons. The third-order valence-electron chi connectivity index (χ3n) is 7.22. The fourth-order valence-electron chi connectivity index (χ4n) is 5.62. The summed E-state index contributed by atoms with van der Waals surface area (Å²) in [6, 6.07) is 27.2. The topological polar surface area (TPSA) is 37.3 Å². The largest absolute Gasteiger partial charge is 0.322 e. The standard InChI is InChI=1S/C30H29N3O/c1-21-9-6-13-23(19-21)29-28-17-8-18-32(28)27-16-5-3-11-24(27)20-33(29)30(34)31-26-15-7-12-22-10-2-4-14-25(22)26/h3,5-9,11-13,15-19,29H,2,4,10,14,20H2,1H3,(H,31,34). The summed E-state index contributed by atoms with van der Waals surface area (Å²) in [5, 5.41) is 3.31.